The molecule has 0 spiro atoms. The second-order valence-corrected chi connectivity index (χ2v) is 7.07. The van der Waals surface area contributed by atoms with Gasteiger partial charge in [0, 0.05) is 17.5 Å². The zero-order chi connectivity index (χ0) is 18.9. The summed E-state index contributed by atoms with van der Waals surface area (Å²) in [5.74, 6) is -0.122. The maximum Gasteiger partial charge on any atom is 0.310 e. The molecular formula is C25H19NO2. The Morgan fingerprint density at radius 3 is 2.21 bits per heavy atom. The largest absolute Gasteiger partial charge is 0.464 e. The van der Waals surface area contributed by atoms with Crippen molar-refractivity contribution < 1.29 is 9.53 Å². The van der Waals surface area contributed by atoms with E-state index in [-0.39, 0.29) is 18.3 Å². The van der Waals surface area contributed by atoms with Gasteiger partial charge in [-0.1, -0.05) is 66.7 Å². The lowest BCUT2D eigenvalue weighted by Crippen LogP contribution is -2.14. The zero-order valence-corrected chi connectivity index (χ0v) is 15.3. The average Bonchev–Trinajstić information content (AvgIpc) is 3.06. The van der Waals surface area contributed by atoms with Crippen molar-refractivity contribution in [2.24, 2.45) is 0 Å². The molecule has 0 amide bonds. The van der Waals surface area contributed by atoms with E-state index in [1.165, 1.54) is 22.3 Å². The van der Waals surface area contributed by atoms with Gasteiger partial charge >= 0.3 is 5.97 Å². The third-order valence-corrected chi connectivity index (χ3v) is 5.45. The Kier molecular flexibility index (Phi) is 4.13. The third-order valence-electron chi connectivity index (χ3n) is 5.45. The van der Waals surface area contributed by atoms with Crippen molar-refractivity contribution in [3.05, 3.63) is 102 Å². The van der Waals surface area contributed by atoms with Gasteiger partial charge in [-0.25, -0.2) is 0 Å². The van der Waals surface area contributed by atoms with Crippen molar-refractivity contribution in [3.8, 4) is 11.1 Å². The molecule has 0 saturated heterocycles. The molecule has 3 nitrogen and oxygen atoms in total. The molecule has 136 valence electrons. The Labute approximate surface area is 163 Å². The van der Waals surface area contributed by atoms with E-state index < -0.39 is 0 Å². The van der Waals surface area contributed by atoms with E-state index >= 15 is 0 Å². The Hall–Kier alpha value is -3.46. The van der Waals surface area contributed by atoms with Crippen LogP contribution in [0.1, 0.15) is 22.6 Å². The van der Waals surface area contributed by atoms with Crippen LogP contribution >= 0.6 is 0 Å². The van der Waals surface area contributed by atoms with E-state index in [1.807, 2.05) is 42.5 Å². The molecule has 0 saturated carbocycles. The molecule has 1 aliphatic rings. The molecule has 0 aliphatic heterocycles. The number of pyridine rings is 1. The number of hydrogen-bond donors (Lipinski definition) is 0. The zero-order valence-electron chi connectivity index (χ0n) is 15.3. The number of para-hydroxylation sites is 1. The number of aromatic nitrogens is 1. The lowest BCUT2D eigenvalue weighted by atomic mass is 9.98. The average molecular weight is 365 g/mol. The van der Waals surface area contributed by atoms with Crippen molar-refractivity contribution in [1.29, 1.82) is 0 Å². The summed E-state index contributed by atoms with van der Waals surface area (Å²) in [6.45, 7) is 0.357. The van der Waals surface area contributed by atoms with Crippen LogP contribution < -0.4 is 0 Å². The Bertz CT molecular complexity index is 1130. The van der Waals surface area contributed by atoms with Crippen LogP contribution in [0.15, 0.2) is 85.1 Å². The second-order valence-electron chi connectivity index (χ2n) is 7.07. The van der Waals surface area contributed by atoms with Gasteiger partial charge in [-0.2, -0.15) is 0 Å². The quantitative estimate of drug-likeness (QED) is 0.471. The first kappa shape index (κ1) is 16.7. The first-order valence-corrected chi connectivity index (χ1v) is 9.48. The van der Waals surface area contributed by atoms with Crippen LogP contribution in [0, 0.1) is 0 Å². The van der Waals surface area contributed by atoms with Gasteiger partial charge in [0.1, 0.15) is 6.61 Å². The summed E-state index contributed by atoms with van der Waals surface area (Å²) in [6, 6.07) is 26.5. The summed E-state index contributed by atoms with van der Waals surface area (Å²) in [6.07, 6.45) is 1.99. The Morgan fingerprint density at radius 1 is 0.821 bits per heavy atom. The Balaban J connectivity index is 1.36. The molecule has 0 atom stereocenters. The molecule has 1 aromatic heterocycles. The van der Waals surface area contributed by atoms with Gasteiger partial charge in [0.15, 0.2) is 0 Å². The summed E-state index contributed by atoms with van der Waals surface area (Å²) in [5.41, 5.74) is 6.77. The lowest BCUT2D eigenvalue weighted by Gasteiger charge is -2.14. The van der Waals surface area contributed by atoms with E-state index in [2.05, 4.69) is 41.4 Å². The molecule has 3 aromatic carbocycles. The van der Waals surface area contributed by atoms with E-state index in [0.717, 1.165) is 16.5 Å². The summed E-state index contributed by atoms with van der Waals surface area (Å²) in [4.78, 5) is 17.0. The fourth-order valence-corrected chi connectivity index (χ4v) is 4.13. The van der Waals surface area contributed by atoms with Crippen LogP contribution in [-0.4, -0.2) is 17.6 Å². The van der Waals surface area contributed by atoms with Crippen LogP contribution in [-0.2, 0) is 16.0 Å². The maximum atomic E-state index is 12.6. The van der Waals surface area contributed by atoms with Crippen molar-refractivity contribution in [2.75, 3.05) is 6.61 Å². The van der Waals surface area contributed by atoms with Crippen LogP contribution in [0.3, 0.4) is 0 Å². The van der Waals surface area contributed by atoms with Gasteiger partial charge in [-0.15, -0.1) is 0 Å². The first-order valence-electron chi connectivity index (χ1n) is 9.48. The summed E-state index contributed by atoms with van der Waals surface area (Å²) >= 11 is 0. The fourth-order valence-electron chi connectivity index (χ4n) is 4.13. The number of ether oxygens (including phenoxy) is 1. The van der Waals surface area contributed by atoms with Gasteiger partial charge in [-0.05, 0) is 39.9 Å². The minimum atomic E-state index is -0.210. The summed E-state index contributed by atoms with van der Waals surface area (Å²) in [5, 5.41) is 0.999. The lowest BCUT2D eigenvalue weighted by molar-refractivity contribution is -0.143. The van der Waals surface area contributed by atoms with Gasteiger partial charge in [0.05, 0.1) is 11.9 Å². The SMILES string of the molecule is O=C(Cc1ccnc2ccccc12)OCC1c2ccccc2-c2ccccc21. The normalized spacial score (nSPS) is 12.6. The monoisotopic (exact) mass is 365 g/mol. The van der Waals surface area contributed by atoms with E-state index in [1.54, 1.807) is 6.20 Å². The predicted octanol–water partition coefficient (Wildman–Crippen LogP) is 5.13. The number of benzene rings is 3. The molecule has 1 heterocycles. The third kappa shape index (κ3) is 2.85. The molecular weight excluding hydrogens is 346 g/mol. The Morgan fingerprint density at radius 2 is 1.46 bits per heavy atom. The number of fused-ring (bicyclic) bond motifs is 4. The van der Waals surface area contributed by atoms with Crippen molar-refractivity contribution in [3.63, 3.8) is 0 Å². The molecule has 0 unspecified atom stereocenters. The number of esters is 1. The van der Waals surface area contributed by atoms with Gasteiger partial charge in [-0.3, -0.25) is 9.78 Å². The second kappa shape index (κ2) is 6.93. The number of nitrogens with zero attached hydrogens (tertiary/aromatic N) is 1. The molecule has 1 aliphatic carbocycles. The topological polar surface area (TPSA) is 39.2 Å². The standard InChI is InChI=1S/C25H19NO2/c27-25(15-17-13-14-26-24-12-6-5-7-18(17)24)28-16-23-21-10-3-1-8-19(21)20-9-2-4-11-22(20)23/h1-14,23H,15-16H2. The molecule has 0 fully saturated rings. The summed E-state index contributed by atoms with van der Waals surface area (Å²) < 4.78 is 5.73. The maximum absolute atomic E-state index is 12.6. The molecule has 0 radical (unpaired) electrons. The van der Waals surface area contributed by atoms with Crippen molar-refractivity contribution >= 4 is 16.9 Å². The van der Waals surface area contributed by atoms with E-state index in [0.29, 0.717) is 6.61 Å². The summed E-state index contributed by atoms with van der Waals surface area (Å²) in [7, 11) is 0. The highest BCUT2D eigenvalue weighted by atomic mass is 16.5. The van der Waals surface area contributed by atoms with Gasteiger partial charge in [0.25, 0.3) is 0 Å². The molecule has 28 heavy (non-hydrogen) atoms. The number of carbonyl (C=O) groups is 1. The van der Waals surface area contributed by atoms with Crippen LogP contribution in [0.25, 0.3) is 22.0 Å². The van der Waals surface area contributed by atoms with Gasteiger partial charge < -0.3 is 4.74 Å². The minimum Gasteiger partial charge on any atom is -0.464 e. The fraction of sp³-hybridized carbons (Fsp3) is 0.120. The van der Waals surface area contributed by atoms with E-state index in [9.17, 15) is 4.79 Å². The first-order chi connectivity index (χ1) is 13.8. The smallest absolute Gasteiger partial charge is 0.310 e. The molecule has 5 rings (SSSR count). The van der Waals surface area contributed by atoms with Crippen molar-refractivity contribution in [2.45, 2.75) is 12.3 Å². The highest BCUT2D eigenvalue weighted by Crippen LogP contribution is 2.44. The molecule has 0 N–H and O–H groups in total. The minimum absolute atomic E-state index is 0.0885. The molecule has 0 bridgehead atoms. The number of rotatable bonds is 4. The van der Waals surface area contributed by atoms with Crippen LogP contribution in [0.4, 0.5) is 0 Å². The predicted molar refractivity (Wildman–Crippen MR) is 110 cm³/mol. The molecule has 3 heteroatoms. The number of hydrogen-bond acceptors (Lipinski definition) is 3. The van der Waals surface area contributed by atoms with Crippen LogP contribution in [0.2, 0.25) is 0 Å². The number of carbonyl (C=O) groups excluding carboxylic acids is 1. The highest BCUT2D eigenvalue weighted by molar-refractivity contribution is 5.86. The van der Waals surface area contributed by atoms with Crippen molar-refractivity contribution in [1.82, 2.24) is 4.98 Å². The van der Waals surface area contributed by atoms with Gasteiger partial charge in [0.2, 0.25) is 0 Å². The van der Waals surface area contributed by atoms with Crippen LogP contribution in [0.5, 0.6) is 0 Å². The molecule has 4 aromatic rings. The van der Waals surface area contributed by atoms with E-state index in [4.69, 9.17) is 4.74 Å². The highest BCUT2D eigenvalue weighted by Gasteiger charge is 2.29.